The van der Waals surface area contributed by atoms with Gasteiger partial charge in [-0.2, -0.15) is 0 Å². The van der Waals surface area contributed by atoms with Crippen LogP contribution in [-0.2, 0) is 13.6 Å². The average molecular weight is 447 g/mol. The Hall–Kier alpha value is -4.40. The molecule has 2 amide bonds. The molecule has 0 atom stereocenters. The first-order chi connectivity index (χ1) is 15.8. The zero-order chi connectivity index (χ0) is 23.7. The predicted octanol–water partition coefficient (Wildman–Crippen LogP) is 2.72. The molecule has 4 aromatic rings. The third-order valence-electron chi connectivity index (χ3n) is 5.45. The van der Waals surface area contributed by atoms with Gasteiger partial charge >= 0.3 is 5.69 Å². The van der Waals surface area contributed by atoms with E-state index in [1.807, 2.05) is 0 Å². The summed E-state index contributed by atoms with van der Waals surface area (Å²) in [6.07, 6.45) is 0. The summed E-state index contributed by atoms with van der Waals surface area (Å²) in [5.41, 5.74) is 8.73. The number of aromatic nitrogens is 2. The quantitative estimate of drug-likeness (QED) is 0.409. The van der Waals surface area contributed by atoms with Gasteiger partial charge in [-0.25, -0.2) is 9.18 Å². The van der Waals surface area contributed by atoms with Gasteiger partial charge in [-0.1, -0.05) is 18.2 Å². The van der Waals surface area contributed by atoms with Gasteiger partial charge in [0.25, 0.3) is 11.8 Å². The first kappa shape index (κ1) is 21.8. The van der Waals surface area contributed by atoms with Crippen LogP contribution in [0.2, 0.25) is 0 Å². The van der Waals surface area contributed by atoms with Gasteiger partial charge in [-0.3, -0.25) is 18.7 Å². The molecule has 0 unspecified atom stereocenters. The van der Waals surface area contributed by atoms with E-state index in [9.17, 15) is 18.8 Å². The summed E-state index contributed by atoms with van der Waals surface area (Å²) in [5.74, 6) is -1.15. The van der Waals surface area contributed by atoms with Gasteiger partial charge < -0.3 is 16.4 Å². The summed E-state index contributed by atoms with van der Waals surface area (Å²) in [7, 11) is 3.17. The maximum atomic E-state index is 13.2. The Kier molecular flexibility index (Phi) is 5.70. The van der Waals surface area contributed by atoms with Gasteiger partial charge in [0.2, 0.25) is 0 Å². The van der Waals surface area contributed by atoms with Crippen LogP contribution < -0.4 is 22.1 Å². The number of carbonyl (C=O) groups excluding carboxylic acids is 2. The monoisotopic (exact) mass is 447 g/mol. The highest BCUT2D eigenvalue weighted by molar-refractivity contribution is 6.06. The molecular formula is C24H22FN5O3. The van der Waals surface area contributed by atoms with E-state index in [0.717, 1.165) is 11.6 Å². The lowest BCUT2D eigenvalue weighted by Crippen LogP contribution is -2.23. The molecule has 0 saturated carbocycles. The van der Waals surface area contributed by atoms with E-state index in [4.69, 9.17) is 5.73 Å². The number of nitrogen functional groups attached to an aromatic ring is 1. The molecule has 8 nitrogen and oxygen atoms in total. The smallest absolute Gasteiger partial charge is 0.329 e. The Morgan fingerprint density at radius 2 is 1.76 bits per heavy atom. The first-order valence-corrected chi connectivity index (χ1v) is 10.2. The topological polar surface area (TPSA) is 111 Å². The van der Waals surface area contributed by atoms with Crippen molar-refractivity contribution < 1.29 is 14.0 Å². The number of nitrogens with one attached hydrogen (secondary N) is 2. The highest BCUT2D eigenvalue weighted by Gasteiger charge is 2.18. The van der Waals surface area contributed by atoms with E-state index in [2.05, 4.69) is 10.6 Å². The molecule has 0 radical (unpaired) electrons. The van der Waals surface area contributed by atoms with E-state index in [1.54, 1.807) is 61.1 Å². The summed E-state index contributed by atoms with van der Waals surface area (Å²) >= 11 is 0. The molecule has 33 heavy (non-hydrogen) atoms. The van der Waals surface area contributed by atoms with E-state index in [0.29, 0.717) is 27.8 Å². The summed E-state index contributed by atoms with van der Waals surface area (Å²) in [5, 5.41) is 5.25. The van der Waals surface area contributed by atoms with Crippen LogP contribution >= 0.6 is 0 Å². The number of benzene rings is 3. The molecule has 0 aliphatic heterocycles. The van der Waals surface area contributed by atoms with Crippen LogP contribution in [0.3, 0.4) is 0 Å². The maximum absolute atomic E-state index is 13.2. The minimum Gasteiger partial charge on any atom is -0.397 e. The molecule has 4 rings (SSSR count). The molecule has 0 saturated heterocycles. The van der Waals surface area contributed by atoms with Crippen molar-refractivity contribution in [1.29, 1.82) is 0 Å². The second-order valence-corrected chi connectivity index (χ2v) is 7.56. The average Bonchev–Trinajstić information content (AvgIpc) is 3.05. The van der Waals surface area contributed by atoms with Crippen LogP contribution in [0.5, 0.6) is 0 Å². The third-order valence-corrected chi connectivity index (χ3v) is 5.45. The van der Waals surface area contributed by atoms with Gasteiger partial charge in [0.05, 0.1) is 34.5 Å². The second-order valence-electron chi connectivity index (χ2n) is 7.56. The van der Waals surface area contributed by atoms with E-state index < -0.39 is 11.7 Å². The lowest BCUT2D eigenvalue weighted by atomic mass is 10.1. The second kappa shape index (κ2) is 8.62. The Labute approximate surface area is 188 Å². The standard InChI is InChI=1S/C24H22FN5O3/c1-27-23(32)17-4-3-5-20-21(17)29(2)24(33)30(20)13-14-6-8-15(9-7-14)22(31)28-19-11-10-16(25)12-18(19)26/h3-12H,13,26H2,1-2H3,(H,27,32)(H,28,31). The number of nitrogens with zero attached hydrogens (tertiary/aromatic N) is 2. The summed E-state index contributed by atoms with van der Waals surface area (Å²) in [6.45, 7) is 0.264. The van der Waals surface area contributed by atoms with Crippen molar-refractivity contribution in [2.45, 2.75) is 6.54 Å². The van der Waals surface area contributed by atoms with Crippen molar-refractivity contribution in [1.82, 2.24) is 14.5 Å². The zero-order valence-corrected chi connectivity index (χ0v) is 18.1. The molecule has 0 aliphatic rings. The van der Waals surface area contributed by atoms with E-state index >= 15 is 0 Å². The van der Waals surface area contributed by atoms with E-state index in [1.165, 1.54) is 16.7 Å². The number of nitrogens with two attached hydrogens (primary N) is 1. The number of aryl methyl sites for hydroxylation is 1. The number of fused-ring (bicyclic) bond motifs is 1. The molecule has 0 fully saturated rings. The predicted molar refractivity (Wildman–Crippen MR) is 125 cm³/mol. The summed E-state index contributed by atoms with van der Waals surface area (Å²) < 4.78 is 16.2. The van der Waals surface area contributed by atoms with Crippen LogP contribution in [0.15, 0.2) is 65.5 Å². The van der Waals surface area contributed by atoms with Crippen molar-refractivity contribution >= 4 is 34.2 Å². The molecule has 1 heterocycles. The number of para-hydroxylation sites is 1. The van der Waals surface area contributed by atoms with Crippen molar-refractivity contribution in [3.05, 3.63) is 93.7 Å². The van der Waals surface area contributed by atoms with Gasteiger partial charge in [0.15, 0.2) is 0 Å². The summed E-state index contributed by atoms with van der Waals surface area (Å²) in [4.78, 5) is 37.6. The minimum absolute atomic E-state index is 0.131. The fourth-order valence-electron chi connectivity index (χ4n) is 3.74. The van der Waals surface area contributed by atoms with Crippen LogP contribution in [-0.4, -0.2) is 28.0 Å². The van der Waals surface area contributed by atoms with E-state index in [-0.39, 0.29) is 23.8 Å². The molecular weight excluding hydrogens is 425 g/mol. The van der Waals surface area contributed by atoms with Crippen molar-refractivity contribution in [2.24, 2.45) is 7.05 Å². The Bertz CT molecular complexity index is 1440. The number of anilines is 2. The van der Waals surface area contributed by atoms with Gasteiger partial charge in [-0.15, -0.1) is 0 Å². The lowest BCUT2D eigenvalue weighted by molar-refractivity contribution is 0.0963. The first-order valence-electron chi connectivity index (χ1n) is 10.2. The lowest BCUT2D eigenvalue weighted by Gasteiger charge is -2.09. The molecule has 0 bridgehead atoms. The number of carbonyl (C=O) groups is 2. The van der Waals surface area contributed by atoms with Gasteiger partial charge in [0, 0.05) is 19.7 Å². The Morgan fingerprint density at radius 3 is 2.42 bits per heavy atom. The third kappa shape index (κ3) is 4.08. The van der Waals surface area contributed by atoms with Crippen LogP contribution in [0, 0.1) is 5.82 Å². The number of rotatable bonds is 5. The normalized spacial score (nSPS) is 10.9. The van der Waals surface area contributed by atoms with Crippen molar-refractivity contribution in [3.63, 3.8) is 0 Å². The van der Waals surface area contributed by atoms with Gasteiger partial charge in [-0.05, 0) is 48.0 Å². The zero-order valence-electron chi connectivity index (χ0n) is 18.1. The molecule has 3 aromatic carbocycles. The fourth-order valence-corrected chi connectivity index (χ4v) is 3.74. The highest BCUT2D eigenvalue weighted by Crippen LogP contribution is 2.21. The highest BCUT2D eigenvalue weighted by atomic mass is 19.1. The molecule has 0 aliphatic carbocycles. The number of imidazole rings is 1. The fraction of sp³-hybridized carbons (Fsp3) is 0.125. The number of hydrogen-bond acceptors (Lipinski definition) is 4. The van der Waals surface area contributed by atoms with Crippen LogP contribution in [0.25, 0.3) is 11.0 Å². The molecule has 4 N–H and O–H groups in total. The number of halogens is 1. The maximum Gasteiger partial charge on any atom is 0.329 e. The molecule has 1 aromatic heterocycles. The minimum atomic E-state index is -0.485. The Balaban J connectivity index is 1.60. The largest absolute Gasteiger partial charge is 0.397 e. The van der Waals surface area contributed by atoms with Gasteiger partial charge in [0.1, 0.15) is 5.82 Å². The van der Waals surface area contributed by atoms with Crippen molar-refractivity contribution in [3.8, 4) is 0 Å². The Morgan fingerprint density at radius 1 is 1.03 bits per heavy atom. The van der Waals surface area contributed by atoms with Crippen LogP contribution in [0.4, 0.5) is 15.8 Å². The number of amides is 2. The number of hydrogen-bond donors (Lipinski definition) is 3. The van der Waals surface area contributed by atoms with Crippen LogP contribution in [0.1, 0.15) is 26.3 Å². The summed E-state index contributed by atoms with van der Waals surface area (Å²) in [6, 6.07) is 15.7. The van der Waals surface area contributed by atoms with Crippen molar-refractivity contribution in [2.75, 3.05) is 18.1 Å². The molecule has 168 valence electrons. The molecule has 9 heteroatoms. The SMILES string of the molecule is CNC(=O)c1cccc2c1n(C)c(=O)n2Cc1ccc(C(=O)Nc2ccc(F)cc2N)cc1. The molecule has 0 spiro atoms.